The molecule has 0 saturated carbocycles. The molecule has 4 nitrogen and oxygen atoms in total. The number of aromatic nitrogens is 1. The summed E-state index contributed by atoms with van der Waals surface area (Å²) in [5, 5.41) is 9.25. The molecule has 1 atom stereocenters. The molecule has 0 aliphatic rings. The first-order chi connectivity index (χ1) is 9.18. The molecule has 0 amide bonds. The molecule has 0 aliphatic heterocycles. The Morgan fingerprint density at radius 3 is 2.63 bits per heavy atom. The number of ether oxygens (including phenoxy) is 1. The number of nitrogens with zero attached hydrogens (tertiary/aromatic N) is 1. The lowest BCUT2D eigenvalue weighted by Crippen LogP contribution is -2.20. The number of benzene rings is 1. The van der Waals surface area contributed by atoms with Gasteiger partial charge < -0.3 is 9.84 Å². The van der Waals surface area contributed by atoms with Crippen molar-refractivity contribution >= 4 is 5.97 Å². The number of hydrogen-bond acceptors (Lipinski definition) is 3. The van der Waals surface area contributed by atoms with Crippen LogP contribution in [0.1, 0.15) is 17.2 Å². The van der Waals surface area contributed by atoms with Crippen molar-refractivity contribution < 1.29 is 14.6 Å². The normalized spacial score (nSPS) is 11.8. The van der Waals surface area contributed by atoms with Gasteiger partial charge in [0.15, 0.2) is 0 Å². The van der Waals surface area contributed by atoms with Gasteiger partial charge in [0.05, 0.1) is 5.69 Å². The van der Waals surface area contributed by atoms with Crippen LogP contribution >= 0.6 is 0 Å². The molecule has 1 aromatic carbocycles. The Morgan fingerprint density at radius 2 is 2.00 bits per heavy atom. The van der Waals surface area contributed by atoms with Gasteiger partial charge in [-0.15, -0.1) is 0 Å². The highest BCUT2D eigenvalue weighted by molar-refractivity contribution is 5.75. The summed E-state index contributed by atoms with van der Waals surface area (Å²) in [6.45, 7) is 1.99. The molecule has 2 aromatic rings. The standard InChI is InChI=1S/C15H15NO3/c1-11-6-2-3-8-14(11)19-10-12(15(17)18)13-7-4-5-9-16-13/h2-9,12H,10H2,1H3,(H,17,18). The molecule has 1 heterocycles. The summed E-state index contributed by atoms with van der Waals surface area (Å²) < 4.78 is 5.59. The molecule has 0 radical (unpaired) electrons. The second kappa shape index (κ2) is 6.00. The Bertz CT molecular complexity index is 554. The van der Waals surface area contributed by atoms with Gasteiger partial charge in [-0.3, -0.25) is 9.78 Å². The Hall–Kier alpha value is -2.36. The molecule has 2 rings (SSSR count). The van der Waals surface area contributed by atoms with Crippen molar-refractivity contribution in [2.45, 2.75) is 12.8 Å². The van der Waals surface area contributed by atoms with Crippen LogP contribution < -0.4 is 4.74 Å². The number of carboxylic acids is 1. The summed E-state index contributed by atoms with van der Waals surface area (Å²) in [6.07, 6.45) is 1.58. The van der Waals surface area contributed by atoms with Crippen molar-refractivity contribution in [1.29, 1.82) is 0 Å². The van der Waals surface area contributed by atoms with Crippen LogP contribution in [-0.2, 0) is 4.79 Å². The summed E-state index contributed by atoms with van der Waals surface area (Å²) in [4.78, 5) is 15.4. The van der Waals surface area contributed by atoms with Crippen molar-refractivity contribution in [3.63, 3.8) is 0 Å². The molecule has 1 aromatic heterocycles. The molecule has 0 spiro atoms. The first-order valence-corrected chi connectivity index (χ1v) is 6.00. The summed E-state index contributed by atoms with van der Waals surface area (Å²) in [5.74, 6) is -1.00. The van der Waals surface area contributed by atoms with Crippen LogP contribution in [0.3, 0.4) is 0 Å². The van der Waals surface area contributed by atoms with Gasteiger partial charge >= 0.3 is 5.97 Å². The highest BCUT2D eigenvalue weighted by atomic mass is 16.5. The average Bonchev–Trinajstić information content (AvgIpc) is 2.42. The molecule has 98 valence electrons. The fourth-order valence-electron chi connectivity index (χ4n) is 1.76. The molecule has 0 fully saturated rings. The Kier molecular flexibility index (Phi) is 4.13. The minimum absolute atomic E-state index is 0.0667. The first-order valence-electron chi connectivity index (χ1n) is 6.00. The van der Waals surface area contributed by atoms with E-state index in [2.05, 4.69) is 4.98 Å². The van der Waals surface area contributed by atoms with Crippen LogP contribution in [0.4, 0.5) is 0 Å². The number of pyridine rings is 1. The van der Waals surface area contributed by atoms with E-state index >= 15 is 0 Å². The van der Waals surface area contributed by atoms with Crippen LogP contribution in [0, 0.1) is 6.92 Å². The number of aliphatic carboxylic acids is 1. The number of hydrogen-bond donors (Lipinski definition) is 1. The quantitative estimate of drug-likeness (QED) is 0.894. The van der Waals surface area contributed by atoms with Gasteiger partial charge in [-0.05, 0) is 30.7 Å². The fraction of sp³-hybridized carbons (Fsp3) is 0.200. The van der Waals surface area contributed by atoms with Crippen molar-refractivity contribution in [1.82, 2.24) is 4.98 Å². The van der Waals surface area contributed by atoms with E-state index in [1.807, 2.05) is 31.2 Å². The maximum Gasteiger partial charge on any atom is 0.316 e. The number of carboxylic acid groups (broad SMARTS) is 1. The maximum atomic E-state index is 11.3. The number of rotatable bonds is 5. The molecular weight excluding hydrogens is 242 g/mol. The van der Waals surface area contributed by atoms with Gasteiger partial charge in [-0.2, -0.15) is 0 Å². The highest BCUT2D eigenvalue weighted by Gasteiger charge is 2.22. The lowest BCUT2D eigenvalue weighted by atomic mass is 10.1. The highest BCUT2D eigenvalue weighted by Crippen LogP contribution is 2.20. The zero-order chi connectivity index (χ0) is 13.7. The summed E-state index contributed by atoms with van der Waals surface area (Å²) in [7, 11) is 0. The van der Waals surface area contributed by atoms with E-state index in [0.717, 1.165) is 5.56 Å². The predicted molar refractivity (Wildman–Crippen MR) is 71.3 cm³/mol. The van der Waals surface area contributed by atoms with Crippen LogP contribution in [0.2, 0.25) is 0 Å². The average molecular weight is 257 g/mol. The molecule has 0 aliphatic carbocycles. The van der Waals surface area contributed by atoms with Gasteiger partial charge in [0.2, 0.25) is 0 Å². The predicted octanol–water partition coefficient (Wildman–Crippen LogP) is 2.64. The minimum atomic E-state index is -0.938. The summed E-state index contributed by atoms with van der Waals surface area (Å²) >= 11 is 0. The van der Waals surface area contributed by atoms with E-state index in [0.29, 0.717) is 11.4 Å². The van der Waals surface area contributed by atoms with E-state index < -0.39 is 11.9 Å². The largest absolute Gasteiger partial charge is 0.492 e. The molecule has 1 N–H and O–H groups in total. The number of aryl methyl sites for hydroxylation is 1. The van der Waals surface area contributed by atoms with E-state index in [1.54, 1.807) is 24.4 Å². The lowest BCUT2D eigenvalue weighted by Gasteiger charge is -2.14. The van der Waals surface area contributed by atoms with E-state index in [-0.39, 0.29) is 6.61 Å². The lowest BCUT2D eigenvalue weighted by molar-refractivity contribution is -0.139. The zero-order valence-corrected chi connectivity index (χ0v) is 10.6. The fourth-order valence-corrected chi connectivity index (χ4v) is 1.76. The topological polar surface area (TPSA) is 59.4 Å². The Morgan fingerprint density at radius 1 is 1.26 bits per heavy atom. The third-order valence-electron chi connectivity index (χ3n) is 2.84. The number of para-hydroxylation sites is 1. The Labute approximate surface area is 111 Å². The zero-order valence-electron chi connectivity index (χ0n) is 10.6. The van der Waals surface area contributed by atoms with Crippen LogP contribution in [-0.4, -0.2) is 22.7 Å². The van der Waals surface area contributed by atoms with Crippen molar-refractivity contribution in [3.05, 3.63) is 59.9 Å². The molecule has 0 saturated heterocycles. The molecule has 0 bridgehead atoms. The third-order valence-corrected chi connectivity index (χ3v) is 2.84. The first kappa shape index (κ1) is 13.1. The second-order valence-electron chi connectivity index (χ2n) is 4.22. The van der Waals surface area contributed by atoms with Gasteiger partial charge in [-0.1, -0.05) is 24.3 Å². The monoisotopic (exact) mass is 257 g/mol. The molecule has 19 heavy (non-hydrogen) atoms. The molecule has 4 heteroatoms. The van der Waals surface area contributed by atoms with Crippen LogP contribution in [0.15, 0.2) is 48.7 Å². The summed E-state index contributed by atoms with van der Waals surface area (Å²) in [6, 6.07) is 12.7. The van der Waals surface area contributed by atoms with Gasteiger partial charge in [0.1, 0.15) is 18.3 Å². The maximum absolute atomic E-state index is 11.3. The summed E-state index contributed by atoms with van der Waals surface area (Å²) in [5.41, 5.74) is 1.48. The van der Waals surface area contributed by atoms with Gasteiger partial charge in [0, 0.05) is 6.20 Å². The minimum Gasteiger partial charge on any atom is -0.492 e. The van der Waals surface area contributed by atoms with Crippen molar-refractivity contribution in [2.24, 2.45) is 0 Å². The third kappa shape index (κ3) is 3.31. The SMILES string of the molecule is Cc1ccccc1OCC(C(=O)O)c1ccccn1. The number of carbonyl (C=O) groups is 1. The smallest absolute Gasteiger partial charge is 0.316 e. The van der Waals surface area contributed by atoms with E-state index in [1.165, 1.54) is 0 Å². The van der Waals surface area contributed by atoms with Crippen molar-refractivity contribution in [2.75, 3.05) is 6.61 Å². The van der Waals surface area contributed by atoms with Crippen LogP contribution in [0.5, 0.6) is 5.75 Å². The van der Waals surface area contributed by atoms with Crippen molar-refractivity contribution in [3.8, 4) is 5.75 Å². The molecule has 1 unspecified atom stereocenters. The van der Waals surface area contributed by atoms with E-state index in [4.69, 9.17) is 4.74 Å². The second-order valence-corrected chi connectivity index (χ2v) is 4.22. The molecular formula is C15H15NO3. The van der Waals surface area contributed by atoms with Gasteiger partial charge in [-0.25, -0.2) is 0 Å². The van der Waals surface area contributed by atoms with Crippen LogP contribution in [0.25, 0.3) is 0 Å². The van der Waals surface area contributed by atoms with Gasteiger partial charge in [0.25, 0.3) is 0 Å². The Balaban J connectivity index is 2.11. The van der Waals surface area contributed by atoms with E-state index in [9.17, 15) is 9.90 Å².